The minimum absolute atomic E-state index is 0.812. The van der Waals surface area contributed by atoms with Gasteiger partial charge in [0, 0.05) is 23.2 Å². The average molecular weight is 299 g/mol. The van der Waals surface area contributed by atoms with E-state index in [0.29, 0.717) is 0 Å². The van der Waals surface area contributed by atoms with Crippen LogP contribution >= 0.6 is 0 Å². The van der Waals surface area contributed by atoms with Gasteiger partial charge in [-0.1, -0.05) is 60.7 Å². The Morgan fingerprint density at radius 1 is 0.826 bits per heavy atom. The second-order valence-electron chi connectivity index (χ2n) is 5.54. The first kappa shape index (κ1) is 13.6. The minimum Gasteiger partial charge on any atom is -0.381 e. The third-order valence-corrected chi connectivity index (χ3v) is 3.95. The minimum atomic E-state index is 0.812. The molecule has 3 nitrogen and oxygen atoms in total. The lowest BCUT2D eigenvalue weighted by atomic mass is 10.1. The summed E-state index contributed by atoms with van der Waals surface area (Å²) in [5.74, 6) is 0. The number of H-pyrrole nitrogens is 1. The zero-order valence-electron chi connectivity index (χ0n) is 12.7. The molecule has 3 heteroatoms. The molecule has 3 aromatic carbocycles. The number of rotatable bonds is 4. The van der Waals surface area contributed by atoms with Crippen molar-refractivity contribution in [3.8, 4) is 11.3 Å². The van der Waals surface area contributed by atoms with Gasteiger partial charge < -0.3 is 5.32 Å². The van der Waals surface area contributed by atoms with Crippen LogP contribution in [0.1, 0.15) is 5.56 Å². The molecule has 112 valence electrons. The van der Waals surface area contributed by atoms with Gasteiger partial charge in [-0.15, -0.1) is 0 Å². The van der Waals surface area contributed by atoms with Gasteiger partial charge in [0.15, 0.2) is 0 Å². The monoisotopic (exact) mass is 299 g/mol. The van der Waals surface area contributed by atoms with Crippen LogP contribution in [0, 0.1) is 0 Å². The van der Waals surface area contributed by atoms with E-state index in [4.69, 9.17) is 0 Å². The van der Waals surface area contributed by atoms with Crippen molar-refractivity contribution in [1.29, 1.82) is 0 Å². The summed E-state index contributed by atoms with van der Waals surface area (Å²) in [5, 5.41) is 12.2. The Bertz CT molecular complexity index is 911. The Morgan fingerprint density at radius 2 is 1.57 bits per heavy atom. The molecule has 23 heavy (non-hydrogen) atoms. The summed E-state index contributed by atoms with van der Waals surface area (Å²) in [5.41, 5.74) is 5.52. The smallest absolute Gasteiger partial charge is 0.0999 e. The molecule has 0 saturated carbocycles. The zero-order chi connectivity index (χ0) is 15.5. The van der Waals surface area contributed by atoms with Crippen molar-refractivity contribution in [3.05, 3.63) is 84.4 Å². The van der Waals surface area contributed by atoms with E-state index < -0.39 is 0 Å². The number of aromatic amines is 1. The summed E-state index contributed by atoms with van der Waals surface area (Å²) in [6, 6.07) is 27.0. The molecule has 0 atom stereocenters. The number of nitrogens with zero attached hydrogens (tertiary/aromatic N) is 1. The maximum Gasteiger partial charge on any atom is 0.0999 e. The molecule has 0 bridgehead atoms. The first-order chi connectivity index (χ1) is 11.4. The maximum absolute atomic E-state index is 4.47. The van der Waals surface area contributed by atoms with E-state index in [1.165, 1.54) is 5.56 Å². The van der Waals surface area contributed by atoms with Crippen molar-refractivity contribution >= 4 is 16.6 Å². The molecule has 2 N–H and O–H groups in total. The summed E-state index contributed by atoms with van der Waals surface area (Å²) >= 11 is 0. The molecule has 0 amide bonds. The van der Waals surface area contributed by atoms with Crippen LogP contribution in [-0.2, 0) is 6.54 Å². The van der Waals surface area contributed by atoms with Gasteiger partial charge >= 0.3 is 0 Å². The number of aromatic nitrogens is 2. The zero-order valence-corrected chi connectivity index (χ0v) is 12.7. The second kappa shape index (κ2) is 5.97. The number of benzene rings is 3. The molecular formula is C20H17N3. The highest BCUT2D eigenvalue weighted by Gasteiger charge is 2.08. The van der Waals surface area contributed by atoms with Crippen molar-refractivity contribution in [2.24, 2.45) is 0 Å². The molecule has 0 aliphatic heterocycles. The Balaban J connectivity index is 1.60. The van der Waals surface area contributed by atoms with E-state index in [-0.39, 0.29) is 0 Å². The molecule has 4 aromatic rings. The lowest BCUT2D eigenvalue weighted by Gasteiger charge is -2.06. The summed E-state index contributed by atoms with van der Waals surface area (Å²) < 4.78 is 0. The van der Waals surface area contributed by atoms with E-state index >= 15 is 0 Å². The highest BCUT2D eigenvalue weighted by Crippen LogP contribution is 2.27. The number of nitrogens with one attached hydrogen (secondary N) is 2. The first-order valence-electron chi connectivity index (χ1n) is 7.71. The standard InChI is InChI=1S/C20H17N3/c1-3-7-15(8-4-1)14-21-17-11-12-18-19(13-17)22-23-20(18)16-9-5-2-6-10-16/h1-13,21H,14H2,(H,22,23). The van der Waals surface area contributed by atoms with Crippen LogP contribution < -0.4 is 5.32 Å². The van der Waals surface area contributed by atoms with Gasteiger partial charge in [-0.3, -0.25) is 5.10 Å². The van der Waals surface area contributed by atoms with Gasteiger partial charge in [-0.2, -0.15) is 5.10 Å². The SMILES string of the molecule is c1ccc(CNc2ccc3c(-c4ccccc4)n[nH]c3c2)cc1. The van der Waals surface area contributed by atoms with Crippen molar-refractivity contribution < 1.29 is 0 Å². The summed E-state index contributed by atoms with van der Waals surface area (Å²) in [7, 11) is 0. The summed E-state index contributed by atoms with van der Waals surface area (Å²) in [6.45, 7) is 0.812. The Hall–Kier alpha value is -3.07. The average Bonchev–Trinajstić information content (AvgIpc) is 3.05. The maximum atomic E-state index is 4.47. The molecule has 0 radical (unpaired) electrons. The Labute approximate surface area is 135 Å². The first-order valence-corrected chi connectivity index (χ1v) is 7.71. The molecule has 0 saturated heterocycles. The third-order valence-electron chi connectivity index (χ3n) is 3.95. The lowest BCUT2D eigenvalue weighted by Crippen LogP contribution is -1.98. The molecular weight excluding hydrogens is 282 g/mol. The number of anilines is 1. The predicted octanol–water partition coefficient (Wildman–Crippen LogP) is 4.84. The van der Waals surface area contributed by atoms with E-state index in [9.17, 15) is 0 Å². The van der Waals surface area contributed by atoms with Crippen molar-refractivity contribution in [2.75, 3.05) is 5.32 Å². The molecule has 0 aliphatic rings. The van der Waals surface area contributed by atoms with Gasteiger partial charge in [0.25, 0.3) is 0 Å². The van der Waals surface area contributed by atoms with Gasteiger partial charge in [0.2, 0.25) is 0 Å². The fraction of sp³-hybridized carbons (Fsp3) is 0.0500. The van der Waals surface area contributed by atoms with Crippen molar-refractivity contribution in [2.45, 2.75) is 6.54 Å². The predicted molar refractivity (Wildman–Crippen MR) is 95.3 cm³/mol. The Kier molecular flexibility index (Phi) is 3.53. The number of hydrogen-bond acceptors (Lipinski definition) is 2. The van der Waals surface area contributed by atoms with Gasteiger partial charge in [0.05, 0.1) is 11.2 Å². The Morgan fingerprint density at radius 3 is 2.35 bits per heavy atom. The van der Waals surface area contributed by atoms with E-state index in [0.717, 1.165) is 34.4 Å². The molecule has 0 fully saturated rings. The fourth-order valence-corrected chi connectivity index (χ4v) is 2.75. The van der Waals surface area contributed by atoms with Crippen molar-refractivity contribution in [3.63, 3.8) is 0 Å². The molecule has 4 rings (SSSR count). The van der Waals surface area contributed by atoms with Gasteiger partial charge in [0.1, 0.15) is 0 Å². The number of fused-ring (bicyclic) bond motifs is 1. The topological polar surface area (TPSA) is 40.7 Å². The normalized spacial score (nSPS) is 10.8. The van der Waals surface area contributed by atoms with Crippen LogP contribution in [0.2, 0.25) is 0 Å². The van der Waals surface area contributed by atoms with Crippen molar-refractivity contribution in [1.82, 2.24) is 10.2 Å². The highest BCUT2D eigenvalue weighted by atomic mass is 15.1. The largest absolute Gasteiger partial charge is 0.381 e. The summed E-state index contributed by atoms with van der Waals surface area (Å²) in [6.07, 6.45) is 0. The van der Waals surface area contributed by atoms with Gasteiger partial charge in [-0.25, -0.2) is 0 Å². The van der Waals surface area contributed by atoms with E-state index in [1.54, 1.807) is 0 Å². The molecule has 0 spiro atoms. The van der Waals surface area contributed by atoms with Crippen LogP contribution in [0.3, 0.4) is 0 Å². The molecule has 0 unspecified atom stereocenters. The van der Waals surface area contributed by atoms with Crippen LogP contribution in [0.25, 0.3) is 22.2 Å². The lowest BCUT2D eigenvalue weighted by molar-refractivity contribution is 1.12. The van der Waals surface area contributed by atoms with E-state index in [2.05, 4.69) is 70.1 Å². The van der Waals surface area contributed by atoms with E-state index in [1.807, 2.05) is 24.3 Å². The third kappa shape index (κ3) is 2.81. The molecule has 1 aromatic heterocycles. The quantitative estimate of drug-likeness (QED) is 0.566. The highest BCUT2D eigenvalue weighted by molar-refractivity contribution is 5.94. The fourth-order valence-electron chi connectivity index (χ4n) is 2.75. The van der Waals surface area contributed by atoms with Crippen LogP contribution in [0.4, 0.5) is 5.69 Å². The van der Waals surface area contributed by atoms with Gasteiger partial charge in [-0.05, 0) is 23.8 Å². The molecule has 0 aliphatic carbocycles. The molecule has 1 heterocycles. The van der Waals surface area contributed by atoms with Crippen LogP contribution in [-0.4, -0.2) is 10.2 Å². The number of hydrogen-bond donors (Lipinski definition) is 2. The summed E-state index contributed by atoms with van der Waals surface area (Å²) in [4.78, 5) is 0. The second-order valence-corrected chi connectivity index (χ2v) is 5.54. The van der Waals surface area contributed by atoms with Crippen LogP contribution in [0.5, 0.6) is 0 Å². The van der Waals surface area contributed by atoms with Crippen LogP contribution in [0.15, 0.2) is 78.9 Å².